The van der Waals surface area contributed by atoms with E-state index in [1.54, 1.807) is 44.6 Å². The summed E-state index contributed by atoms with van der Waals surface area (Å²) in [6.45, 7) is 0.664. The molecule has 1 N–H and O–H groups in total. The fourth-order valence-corrected chi connectivity index (χ4v) is 1.67. The van der Waals surface area contributed by atoms with E-state index in [9.17, 15) is 4.79 Å². The number of nitrogens with one attached hydrogen (secondary N) is 1. The van der Waals surface area contributed by atoms with Crippen LogP contribution in [0, 0.1) is 0 Å². The van der Waals surface area contributed by atoms with Crippen LogP contribution in [0.5, 0.6) is 5.75 Å². The first-order valence-corrected chi connectivity index (χ1v) is 6.08. The van der Waals surface area contributed by atoms with Crippen molar-refractivity contribution < 1.29 is 18.8 Å². The van der Waals surface area contributed by atoms with E-state index in [1.165, 1.54) is 0 Å². The normalized spacial score (nSPS) is 10.3. The smallest absolute Gasteiger partial charge is 0.251 e. The maximum Gasteiger partial charge on any atom is 0.251 e. The summed E-state index contributed by atoms with van der Waals surface area (Å²) in [5.74, 6) is 1.11. The Morgan fingerprint density at radius 1 is 1.30 bits per heavy atom. The van der Waals surface area contributed by atoms with Crippen molar-refractivity contribution in [2.24, 2.45) is 0 Å². The van der Waals surface area contributed by atoms with Crippen LogP contribution in [0.4, 0.5) is 0 Å². The first kappa shape index (κ1) is 14.1. The van der Waals surface area contributed by atoms with Crippen molar-refractivity contribution in [3.63, 3.8) is 0 Å². The second kappa shape index (κ2) is 6.72. The zero-order valence-corrected chi connectivity index (χ0v) is 11.4. The van der Waals surface area contributed by atoms with Gasteiger partial charge in [-0.15, -0.1) is 0 Å². The van der Waals surface area contributed by atoms with Crippen LogP contribution in [0.1, 0.15) is 21.8 Å². The van der Waals surface area contributed by atoms with Crippen LogP contribution in [0.25, 0.3) is 0 Å². The van der Waals surface area contributed by atoms with Crippen LogP contribution in [0.2, 0.25) is 0 Å². The minimum Gasteiger partial charge on any atom is -0.497 e. The van der Waals surface area contributed by atoms with Gasteiger partial charge in [0.2, 0.25) is 0 Å². The Hall–Kier alpha value is -2.34. The molecular weight excluding hydrogens is 260 g/mol. The fraction of sp³-hybridized carbons (Fsp3) is 0.286. The number of rotatable bonds is 6. The molecule has 6 heteroatoms. The highest BCUT2D eigenvalue weighted by molar-refractivity contribution is 5.94. The monoisotopic (exact) mass is 276 g/mol. The molecule has 0 fully saturated rings. The minimum absolute atomic E-state index is 0.183. The molecule has 0 spiro atoms. The SMILES string of the molecule is COCc1cc(CNC(=O)c2ccc(OC)cc2)on1. The van der Waals surface area contributed by atoms with E-state index in [2.05, 4.69) is 10.5 Å². The zero-order chi connectivity index (χ0) is 14.4. The van der Waals surface area contributed by atoms with Gasteiger partial charge < -0.3 is 19.3 Å². The van der Waals surface area contributed by atoms with Crippen LogP contribution in [0.3, 0.4) is 0 Å². The molecule has 0 saturated heterocycles. The second-order valence-electron chi connectivity index (χ2n) is 4.13. The summed E-state index contributed by atoms with van der Waals surface area (Å²) in [5, 5.41) is 6.57. The Balaban J connectivity index is 1.90. The summed E-state index contributed by atoms with van der Waals surface area (Å²) in [6.07, 6.45) is 0. The molecule has 1 aromatic carbocycles. The third-order valence-corrected chi connectivity index (χ3v) is 2.68. The minimum atomic E-state index is -0.183. The van der Waals surface area contributed by atoms with E-state index >= 15 is 0 Å². The molecule has 0 unspecified atom stereocenters. The molecule has 0 aliphatic carbocycles. The average Bonchev–Trinajstić information content (AvgIpc) is 2.93. The van der Waals surface area contributed by atoms with E-state index in [0.717, 1.165) is 0 Å². The van der Waals surface area contributed by atoms with Crippen LogP contribution in [0.15, 0.2) is 34.9 Å². The molecule has 0 aliphatic heterocycles. The second-order valence-corrected chi connectivity index (χ2v) is 4.13. The lowest BCUT2D eigenvalue weighted by Crippen LogP contribution is -2.22. The lowest BCUT2D eigenvalue weighted by molar-refractivity contribution is 0.0947. The maximum atomic E-state index is 11.9. The Kier molecular flexibility index (Phi) is 4.73. The Bertz CT molecular complexity index is 563. The van der Waals surface area contributed by atoms with Gasteiger partial charge in [0.15, 0.2) is 5.76 Å². The number of carbonyl (C=O) groups excluding carboxylic acids is 1. The van der Waals surface area contributed by atoms with Gasteiger partial charge in [0.25, 0.3) is 5.91 Å². The molecule has 0 atom stereocenters. The van der Waals surface area contributed by atoms with E-state index in [0.29, 0.717) is 29.4 Å². The van der Waals surface area contributed by atoms with E-state index in [4.69, 9.17) is 14.0 Å². The highest BCUT2D eigenvalue weighted by Crippen LogP contribution is 2.11. The molecule has 0 radical (unpaired) electrons. The Morgan fingerprint density at radius 3 is 2.70 bits per heavy atom. The van der Waals surface area contributed by atoms with Gasteiger partial charge in [0.05, 0.1) is 20.3 Å². The van der Waals surface area contributed by atoms with Crippen LogP contribution < -0.4 is 10.1 Å². The molecule has 0 saturated carbocycles. The first-order chi connectivity index (χ1) is 9.72. The molecule has 6 nitrogen and oxygen atoms in total. The summed E-state index contributed by atoms with van der Waals surface area (Å²) in [7, 11) is 3.16. The van der Waals surface area contributed by atoms with E-state index < -0.39 is 0 Å². The lowest BCUT2D eigenvalue weighted by Gasteiger charge is -2.04. The summed E-state index contributed by atoms with van der Waals surface area (Å²) >= 11 is 0. The van der Waals surface area contributed by atoms with Crippen molar-refractivity contribution in [1.29, 1.82) is 0 Å². The van der Waals surface area contributed by atoms with Crippen molar-refractivity contribution in [3.8, 4) is 5.75 Å². The first-order valence-electron chi connectivity index (χ1n) is 6.08. The van der Waals surface area contributed by atoms with Crippen molar-refractivity contribution in [3.05, 3.63) is 47.3 Å². The number of hydrogen-bond acceptors (Lipinski definition) is 5. The van der Waals surface area contributed by atoms with Gasteiger partial charge in [-0.1, -0.05) is 5.16 Å². The molecule has 20 heavy (non-hydrogen) atoms. The van der Waals surface area contributed by atoms with Crippen LogP contribution in [-0.4, -0.2) is 25.3 Å². The zero-order valence-electron chi connectivity index (χ0n) is 11.4. The van der Waals surface area contributed by atoms with Crippen molar-refractivity contribution in [2.75, 3.05) is 14.2 Å². The largest absolute Gasteiger partial charge is 0.497 e. The Labute approximate surface area is 116 Å². The summed E-state index contributed by atoms with van der Waals surface area (Å²) in [6, 6.07) is 8.62. The molecule has 2 aromatic rings. The molecule has 1 amide bonds. The van der Waals surface area contributed by atoms with Crippen molar-refractivity contribution in [1.82, 2.24) is 10.5 Å². The van der Waals surface area contributed by atoms with Crippen LogP contribution >= 0.6 is 0 Å². The third-order valence-electron chi connectivity index (χ3n) is 2.68. The number of carbonyl (C=O) groups is 1. The number of aromatic nitrogens is 1. The number of methoxy groups -OCH3 is 2. The van der Waals surface area contributed by atoms with Gasteiger partial charge >= 0.3 is 0 Å². The molecule has 106 valence electrons. The molecule has 2 rings (SSSR count). The van der Waals surface area contributed by atoms with Crippen molar-refractivity contribution in [2.45, 2.75) is 13.2 Å². The van der Waals surface area contributed by atoms with Gasteiger partial charge in [0.1, 0.15) is 11.4 Å². The predicted octanol–water partition coefficient (Wildman–Crippen LogP) is 1.76. The van der Waals surface area contributed by atoms with Crippen molar-refractivity contribution >= 4 is 5.91 Å². The van der Waals surface area contributed by atoms with Crippen LogP contribution in [-0.2, 0) is 17.9 Å². The standard InChI is InChI=1S/C14H16N2O4/c1-18-9-11-7-13(20-16-11)8-15-14(17)10-3-5-12(19-2)6-4-10/h3-7H,8-9H2,1-2H3,(H,15,17). The number of ether oxygens (including phenoxy) is 2. The number of nitrogens with zero attached hydrogens (tertiary/aromatic N) is 1. The van der Waals surface area contributed by atoms with Gasteiger partial charge in [-0.25, -0.2) is 0 Å². The Morgan fingerprint density at radius 2 is 2.05 bits per heavy atom. The van der Waals surface area contributed by atoms with Gasteiger partial charge in [-0.05, 0) is 24.3 Å². The highest BCUT2D eigenvalue weighted by Gasteiger charge is 2.08. The van der Waals surface area contributed by atoms with Gasteiger partial charge in [0, 0.05) is 18.7 Å². The van der Waals surface area contributed by atoms with Gasteiger partial charge in [-0.2, -0.15) is 0 Å². The topological polar surface area (TPSA) is 73.6 Å². The summed E-state index contributed by atoms with van der Waals surface area (Å²) < 4.78 is 15.0. The third kappa shape index (κ3) is 3.58. The summed E-state index contributed by atoms with van der Waals surface area (Å²) in [4.78, 5) is 11.9. The highest BCUT2D eigenvalue weighted by atomic mass is 16.5. The quantitative estimate of drug-likeness (QED) is 0.870. The fourth-order valence-electron chi connectivity index (χ4n) is 1.67. The number of benzene rings is 1. The van der Waals surface area contributed by atoms with Gasteiger partial charge in [-0.3, -0.25) is 4.79 Å². The van der Waals surface area contributed by atoms with E-state index in [1.807, 2.05) is 0 Å². The molecule has 0 aliphatic rings. The van der Waals surface area contributed by atoms with E-state index in [-0.39, 0.29) is 12.5 Å². The maximum absolute atomic E-state index is 11.9. The molecule has 1 heterocycles. The number of amides is 1. The predicted molar refractivity (Wildman–Crippen MR) is 71.4 cm³/mol. The molecule has 0 bridgehead atoms. The molecule has 1 aromatic heterocycles. The molecular formula is C14H16N2O4. The average molecular weight is 276 g/mol. The number of hydrogen-bond donors (Lipinski definition) is 1. The summed E-state index contributed by atoms with van der Waals surface area (Å²) in [5.41, 5.74) is 1.25. The lowest BCUT2D eigenvalue weighted by atomic mass is 10.2.